The molecule has 1 amide bonds. The second-order valence-corrected chi connectivity index (χ2v) is 5.21. The van der Waals surface area contributed by atoms with Gasteiger partial charge in [0.05, 0.1) is 20.6 Å². The fourth-order valence-corrected chi connectivity index (χ4v) is 2.28. The molecule has 5 heteroatoms. The SMILES string of the molecule is COc1ccc(CN(C)C(=O)Cc2ccccc2F)cc1OC. The van der Waals surface area contributed by atoms with Gasteiger partial charge < -0.3 is 14.4 Å². The number of carbonyl (C=O) groups is 1. The zero-order valence-corrected chi connectivity index (χ0v) is 13.5. The second kappa shape index (κ2) is 7.63. The highest BCUT2D eigenvalue weighted by Gasteiger charge is 2.13. The summed E-state index contributed by atoms with van der Waals surface area (Å²) in [5.74, 6) is 0.738. The van der Waals surface area contributed by atoms with Gasteiger partial charge in [-0.1, -0.05) is 24.3 Å². The first kappa shape index (κ1) is 16.8. The van der Waals surface area contributed by atoms with Crippen LogP contribution in [0, 0.1) is 5.82 Å². The number of benzene rings is 2. The Morgan fingerprint density at radius 2 is 1.78 bits per heavy atom. The van der Waals surface area contributed by atoms with Gasteiger partial charge in [-0.05, 0) is 29.3 Å². The Bertz CT molecular complexity index is 688. The van der Waals surface area contributed by atoms with Crippen LogP contribution in [0.25, 0.3) is 0 Å². The van der Waals surface area contributed by atoms with Crippen LogP contribution in [0.1, 0.15) is 11.1 Å². The molecule has 122 valence electrons. The molecule has 2 aromatic carbocycles. The average Bonchev–Trinajstić information content (AvgIpc) is 2.56. The van der Waals surface area contributed by atoms with Crippen LogP contribution in [-0.2, 0) is 17.8 Å². The van der Waals surface area contributed by atoms with Crippen molar-refractivity contribution >= 4 is 5.91 Å². The summed E-state index contributed by atoms with van der Waals surface area (Å²) in [5.41, 5.74) is 1.31. The summed E-state index contributed by atoms with van der Waals surface area (Å²) in [6, 6.07) is 11.8. The normalized spacial score (nSPS) is 10.3. The van der Waals surface area contributed by atoms with Gasteiger partial charge in [0.1, 0.15) is 5.82 Å². The van der Waals surface area contributed by atoms with E-state index in [0.29, 0.717) is 23.6 Å². The molecular weight excluding hydrogens is 297 g/mol. The van der Waals surface area contributed by atoms with E-state index in [1.54, 1.807) is 50.4 Å². The van der Waals surface area contributed by atoms with Gasteiger partial charge in [0.2, 0.25) is 5.91 Å². The summed E-state index contributed by atoms with van der Waals surface area (Å²) in [6.45, 7) is 0.410. The van der Waals surface area contributed by atoms with Crippen LogP contribution in [-0.4, -0.2) is 32.1 Å². The van der Waals surface area contributed by atoms with Crippen molar-refractivity contribution in [2.75, 3.05) is 21.3 Å². The van der Waals surface area contributed by atoms with Gasteiger partial charge in [-0.25, -0.2) is 4.39 Å². The van der Waals surface area contributed by atoms with Gasteiger partial charge in [0, 0.05) is 13.6 Å². The lowest BCUT2D eigenvalue weighted by atomic mass is 10.1. The molecule has 0 atom stereocenters. The topological polar surface area (TPSA) is 38.8 Å². The van der Waals surface area contributed by atoms with Gasteiger partial charge >= 0.3 is 0 Å². The molecule has 2 aromatic rings. The van der Waals surface area contributed by atoms with Crippen LogP contribution in [0.4, 0.5) is 4.39 Å². The molecule has 0 aliphatic rings. The molecule has 0 spiro atoms. The fourth-order valence-electron chi connectivity index (χ4n) is 2.28. The van der Waals surface area contributed by atoms with E-state index < -0.39 is 0 Å². The number of halogens is 1. The van der Waals surface area contributed by atoms with Crippen LogP contribution >= 0.6 is 0 Å². The summed E-state index contributed by atoms with van der Waals surface area (Å²) in [7, 11) is 4.83. The van der Waals surface area contributed by atoms with Crippen LogP contribution in [0.3, 0.4) is 0 Å². The van der Waals surface area contributed by atoms with Crippen molar-refractivity contribution in [3.05, 3.63) is 59.4 Å². The Morgan fingerprint density at radius 3 is 2.43 bits per heavy atom. The summed E-state index contributed by atoms with van der Waals surface area (Å²) in [4.78, 5) is 13.8. The molecule has 0 aliphatic carbocycles. The smallest absolute Gasteiger partial charge is 0.227 e. The number of likely N-dealkylation sites (N-methyl/N-ethyl adjacent to an activating group) is 1. The highest BCUT2D eigenvalue weighted by molar-refractivity contribution is 5.78. The average molecular weight is 317 g/mol. The number of nitrogens with zero attached hydrogens (tertiary/aromatic N) is 1. The Balaban J connectivity index is 2.05. The van der Waals surface area contributed by atoms with Crippen LogP contribution in [0.5, 0.6) is 11.5 Å². The number of rotatable bonds is 6. The quantitative estimate of drug-likeness (QED) is 0.822. The molecule has 0 saturated carbocycles. The second-order valence-electron chi connectivity index (χ2n) is 5.21. The van der Waals surface area contributed by atoms with Crippen molar-refractivity contribution < 1.29 is 18.7 Å². The first-order chi connectivity index (χ1) is 11.0. The van der Waals surface area contributed by atoms with E-state index in [2.05, 4.69) is 0 Å². The van der Waals surface area contributed by atoms with Gasteiger partial charge in [-0.3, -0.25) is 4.79 Å². The molecule has 0 fully saturated rings. The minimum atomic E-state index is -0.361. The third-order valence-corrected chi connectivity index (χ3v) is 3.59. The summed E-state index contributed by atoms with van der Waals surface area (Å²) < 4.78 is 24.1. The minimum Gasteiger partial charge on any atom is -0.493 e. The lowest BCUT2D eigenvalue weighted by Crippen LogP contribution is -2.28. The molecule has 0 heterocycles. The van der Waals surface area contributed by atoms with Crippen molar-refractivity contribution in [3.63, 3.8) is 0 Å². The molecule has 0 saturated heterocycles. The fraction of sp³-hybridized carbons (Fsp3) is 0.278. The molecule has 23 heavy (non-hydrogen) atoms. The highest BCUT2D eigenvalue weighted by Crippen LogP contribution is 2.28. The number of ether oxygens (including phenoxy) is 2. The van der Waals surface area contributed by atoms with Crippen LogP contribution < -0.4 is 9.47 Å². The Labute approximate surface area is 135 Å². The molecule has 4 nitrogen and oxygen atoms in total. The molecule has 2 rings (SSSR count). The third kappa shape index (κ3) is 4.22. The predicted molar refractivity (Wildman–Crippen MR) is 86.1 cm³/mol. The minimum absolute atomic E-state index is 0.0382. The van der Waals surface area contributed by atoms with Crippen LogP contribution in [0.2, 0.25) is 0 Å². The first-order valence-electron chi connectivity index (χ1n) is 7.23. The maximum atomic E-state index is 13.6. The molecule has 0 aromatic heterocycles. The van der Waals surface area contributed by atoms with Crippen molar-refractivity contribution in [2.45, 2.75) is 13.0 Å². The lowest BCUT2D eigenvalue weighted by Gasteiger charge is -2.18. The summed E-state index contributed by atoms with van der Waals surface area (Å²) in [6.07, 6.45) is 0.0382. The third-order valence-electron chi connectivity index (χ3n) is 3.59. The largest absolute Gasteiger partial charge is 0.493 e. The van der Waals surface area contributed by atoms with E-state index in [0.717, 1.165) is 5.56 Å². The van der Waals surface area contributed by atoms with Gasteiger partial charge in [-0.15, -0.1) is 0 Å². The summed E-state index contributed by atoms with van der Waals surface area (Å²) >= 11 is 0. The molecule has 0 radical (unpaired) electrons. The van der Waals surface area contributed by atoms with Gasteiger partial charge in [-0.2, -0.15) is 0 Å². The Kier molecular flexibility index (Phi) is 5.57. The van der Waals surface area contributed by atoms with E-state index in [1.165, 1.54) is 6.07 Å². The number of hydrogen-bond acceptors (Lipinski definition) is 3. The number of amides is 1. The van der Waals surface area contributed by atoms with E-state index >= 15 is 0 Å². The number of carbonyl (C=O) groups excluding carboxylic acids is 1. The molecule has 0 aliphatic heterocycles. The standard InChI is InChI=1S/C18H20FNO3/c1-20(18(21)11-14-6-4-5-7-15(14)19)12-13-8-9-16(22-2)17(10-13)23-3/h4-10H,11-12H2,1-3H3. The molecule has 0 bridgehead atoms. The number of methoxy groups -OCH3 is 2. The monoisotopic (exact) mass is 317 g/mol. The van der Waals surface area contributed by atoms with E-state index in [1.807, 2.05) is 12.1 Å². The summed E-state index contributed by atoms with van der Waals surface area (Å²) in [5, 5.41) is 0. The van der Waals surface area contributed by atoms with Crippen LogP contribution in [0.15, 0.2) is 42.5 Å². The van der Waals surface area contributed by atoms with E-state index in [9.17, 15) is 9.18 Å². The highest BCUT2D eigenvalue weighted by atomic mass is 19.1. The maximum absolute atomic E-state index is 13.6. The van der Waals surface area contributed by atoms with E-state index in [4.69, 9.17) is 9.47 Å². The Hall–Kier alpha value is -2.56. The zero-order chi connectivity index (χ0) is 16.8. The maximum Gasteiger partial charge on any atom is 0.227 e. The van der Waals surface area contributed by atoms with E-state index in [-0.39, 0.29) is 18.1 Å². The lowest BCUT2D eigenvalue weighted by molar-refractivity contribution is -0.129. The molecule has 0 unspecified atom stereocenters. The Morgan fingerprint density at radius 1 is 1.09 bits per heavy atom. The zero-order valence-electron chi connectivity index (χ0n) is 13.5. The predicted octanol–water partition coefficient (Wildman–Crippen LogP) is 3.04. The molecule has 0 N–H and O–H groups in total. The molecular formula is C18H20FNO3. The van der Waals surface area contributed by atoms with Crippen molar-refractivity contribution in [1.29, 1.82) is 0 Å². The van der Waals surface area contributed by atoms with Crippen molar-refractivity contribution in [1.82, 2.24) is 4.90 Å². The van der Waals surface area contributed by atoms with Gasteiger partial charge in [0.25, 0.3) is 0 Å². The van der Waals surface area contributed by atoms with Crippen molar-refractivity contribution in [3.8, 4) is 11.5 Å². The van der Waals surface area contributed by atoms with Gasteiger partial charge in [0.15, 0.2) is 11.5 Å². The first-order valence-corrected chi connectivity index (χ1v) is 7.23. The number of hydrogen-bond donors (Lipinski definition) is 0. The van der Waals surface area contributed by atoms with Crippen molar-refractivity contribution in [2.24, 2.45) is 0 Å².